The first-order valence-electron chi connectivity index (χ1n) is 10.7. The number of amides is 1. The molecule has 2 heterocycles. The molecule has 1 aliphatic rings. The summed E-state index contributed by atoms with van der Waals surface area (Å²) in [5.74, 6) is 1.56. The minimum Gasteiger partial charge on any atom is -0.494 e. The molecule has 4 rings (SSSR count). The lowest BCUT2D eigenvalue weighted by Gasteiger charge is -2.24. The average molecular weight is 423 g/mol. The van der Waals surface area contributed by atoms with E-state index in [-0.39, 0.29) is 17.8 Å². The van der Waals surface area contributed by atoms with Crippen molar-refractivity contribution in [2.75, 3.05) is 13.2 Å². The fraction of sp³-hybridized carbons (Fsp3) is 0.375. The van der Waals surface area contributed by atoms with Gasteiger partial charge in [0.25, 0.3) is 0 Å². The summed E-state index contributed by atoms with van der Waals surface area (Å²) in [7, 11) is 0. The molecular weight excluding hydrogens is 397 g/mol. The third-order valence-corrected chi connectivity index (χ3v) is 5.50. The highest BCUT2D eigenvalue weighted by Crippen LogP contribution is 2.24. The van der Waals surface area contributed by atoms with Gasteiger partial charge in [-0.1, -0.05) is 17.3 Å². The molecule has 6 nitrogen and oxygen atoms in total. The quantitative estimate of drug-likeness (QED) is 0.536. The Hall–Kier alpha value is -3.22. The predicted molar refractivity (Wildman–Crippen MR) is 114 cm³/mol. The Labute approximate surface area is 181 Å². The number of aryl methyl sites for hydroxylation is 1. The van der Waals surface area contributed by atoms with Crippen molar-refractivity contribution in [1.29, 1.82) is 0 Å². The highest BCUT2D eigenvalue weighted by atomic mass is 19.1. The van der Waals surface area contributed by atoms with E-state index in [4.69, 9.17) is 9.26 Å². The van der Waals surface area contributed by atoms with Crippen LogP contribution in [0.2, 0.25) is 0 Å². The second kappa shape index (κ2) is 9.73. The third kappa shape index (κ3) is 5.29. The predicted octanol–water partition coefficient (Wildman–Crippen LogP) is 4.44. The largest absolute Gasteiger partial charge is 0.494 e. The lowest BCUT2D eigenvalue weighted by molar-refractivity contribution is -0.132. The van der Waals surface area contributed by atoms with Crippen LogP contribution in [0.15, 0.2) is 53.1 Å². The van der Waals surface area contributed by atoms with E-state index in [1.807, 2.05) is 42.2 Å². The summed E-state index contributed by atoms with van der Waals surface area (Å²) in [5, 5.41) is 4.03. The van der Waals surface area contributed by atoms with E-state index in [1.165, 1.54) is 6.07 Å². The molecule has 7 heteroatoms. The molecule has 0 N–H and O–H groups in total. The number of hydrogen-bond donors (Lipinski definition) is 0. The zero-order valence-electron chi connectivity index (χ0n) is 17.6. The lowest BCUT2D eigenvalue weighted by atomic mass is 10.0. The molecule has 1 amide bonds. The molecule has 0 spiro atoms. The van der Waals surface area contributed by atoms with Crippen LogP contribution in [-0.2, 0) is 17.6 Å². The Morgan fingerprint density at radius 1 is 1.26 bits per heavy atom. The van der Waals surface area contributed by atoms with Gasteiger partial charge in [0.05, 0.1) is 6.61 Å². The molecule has 0 bridgehead atoms. The Balaban J connectivity index is 1.33. The van der Waals surface area contributed by atoms with Crippen LogP contribution < -0.4 is 4.74 Å². The maximum absolute atomic E-state index is 13.5. The van der Waals surface area contributed by atoms with Gasteiger partial charge in [-0.3, -0.25) is 4.79 Å². The highest BCUT2D eigenvalue weighted by molar-refractivity contribution is 5.77. The van der Waals surface area contributed by atoms with Crippen LogP contribution >= 0.6 is 0 Å². The van der Waals surface area contributed by atoms with Crippen LogP contribution in [0.25, 0.3) is 11.4 Å². The second-order valence-corrected chi connectivity index (χ2v) is 7.69. The van der Waals surface area contributed by atoms with Gasteiger partial charge in [-0.25, -0.2) is 4.39 Å². The Morgan fingerprint density at radius 3 is 2.87 bits per heavy atom. The molecule has 1 atom stereocenters. The Kier molecular flexibility index (Phi) is 6.60. The molecule has 1 aromatic heterocycles. The van der Waals surface area contributed by atoms with E-state index < -0.39 is 0 Å². The van der Waals surface area contributed by atoms with Crippen molar-refractivity contribution >= 4 is 5.91 Å². The molecule has 2 aromatic carbocycles. The maximum atomic E-state index is 13.5. The fourth-order valence-electron chi connectivity index (χ4n) is 4.01. The average Bonchev–Trinajstić information content (AvgIpc) is 3.43. The van der Waals surface area contributed by atoms with Gasteiger partial charge in [0.15, 0.2) is 0 Å². The number of rotatable bonds is 8. The molecular formula is C24H26FN3O3. The minimum absolute atomic E-state index is 0.0692. The molecule has 162 valence electrons. The van der Waals surface area contributed by atoms with Crippen LogP contribution in [0, 0.1) is 5.82 Å². The standard InChI is InChI=1S/C24H26FN3O3/c1-2-30-21-10-8-18(9-11-21)24-26-22(31-27-24)12-13-23(29)28-14-4-7-20(28)16-17-5-3-6-19(25)15-17/h3,5-6,8-11,15,20H,2,4,7,12-14,16H2,1H3. The molecule has 1 fully saturated rings. The first-order valence-corrected chi connectivity index (χ1v) is 10.7. The van der Waals surface area contributed by atoms with Crippen LogP contribution in [-0.4, -0.2) is 40.1 Å². The van der Waals surface area contributed by atoms with E-state index in [0.717, 1.165) is 36.3 Å². The van der Waals surface area contributed by atoms with Gasteiger partial charge in [0, 0.05) is 31.0 Å². The Bertz CT molecular complexity index is 1020. The SMILES string of the molecule is CCOc1ccc(-c2noc(CCC(=O)N3CCCC3Cc3cccc(F)c3)n2)cc1. The van der Waals surface area contributed by atoms with Gasteiger partial charge in [-0.05, 0) is 68.1 Å². The van der Waals surface area contributed by atoms with Crippen molar-refractivity contribution in [3.05, 3.63) is 65.8 Å². The van der Waals surface area contributed by atoms with Crippen LogP contribution in [0.1, 0.15) is 37.6 Å². The summed E-state index contributed by atoms with van der Waals surface area (Å²) < 4.78 is 24.3. The number of benzene rings is 2. The summed E-state index contributed by atoms with van der Waals surface area (Å²) in [6, 6.07) is 14.2. The molecule has 31 heavy (non-hydrogen) atoms. The van der Waals surface area contributed by atoms with Gasteiger partial charge in [-0.2, -0.15) is 4.98 Å². The summed E-state index contributed by atoms with van der Waals surface area (Å²) in [5.41, 5.74) is 1.75. The maximum Gasteiger partial charge on any atom is 0.227 e. The molecule has 0 radical (unpaired) electrons. The molecule has 1 saturated heterocycles. The zero-order chi connectivity index (χ0) is 21.6. The van der Waals surface area contributed by atoms with Crippen molar-refractivity contribution in [2.24, 2.45) is 0 Å². The zero-order valence-corrected chi connectivity index (χ0v) is 17.6. The molecule has 3 aromatic rings. The summed E-state index contributed by atoms with van der Waals surface area (Å²) >= 11 is 0. The van der Waals surface area contributed by atoms with E-state index in [9.17, 15) is 9.18 Å². The highest BCUT2D eigenvalue weighted by Gasteiger charge is 2.28. The fourth-order valence-corrected chi connectivity index (χ4v) is 4.01. The van der Waals surface area contributed by atoms with Crippen molar-refractivity contribution in [2.45, 2.75) is 45.1 Å². The summed E-state index contributed by atoms with van der Waals surface area (Å²) in [6.45, 7) is 3.28. The summed E-state index contributed by atoms with van der Waals surface area (Å²) in [4.78, 5) is 19.1. The first kappa shape index (κ1) is 21.0. The van der Waals surface area contributed by atoms with Crippen LogP contribution in [0.5, 0.6) is 5.75 Å². The third-order valence-electron chi connectivity index (χ3n) is 5.50. The normalized spacial score (nSPS) is 15.9. The molecule has 1 aliphatic heterocycles. The van der Waals surface area contributed by atoms with Gasteiger partial charge < -0.3 is 14.2 Å². The van der Waals surface area contributed by atoms with Gasteiger partial charge in [-0.15, -0.1) is 0 Å². The smallest absolute Gasteiger partial charge is 0.227 e. The number of aromatic nitrogens is 2. The number of likely N-dealkylation sites (tertiary alicyclic amines) is 1. The van der Waals surface area contributed by atoms with E-state index in [1.54, 1.807) is 12.1 Å². The lowest BCUT2D eigenvalue weighted by Crippen LogP contribution is -2.37. The second-order valence-electron chi connectivity index (χ2n) is 7.69. The number of ether oxygens (including phenoxy) is 1. The summed E-state index contributed by atoms with van der Waals surface area (Å²) in [6.07, 6.45) is 3.28. The number of halogens is 1. The number of nitrogens with zero attached hydrogens (tertiary/aromatic N) is 3. The van der Waals surface area contributed by atoms with E-state index in [0.29, 0.717) is 37.6 Å². The van der Waals surface area contributed by atoms with E-state index >= 15 is 0 Å². The number of carbonyl (C=O) groups is 1. The van der Waals surface area contributed by atoms with Gasteiger partial charge in [0.1, 0.15) is 11.6 Å². The van der Waals surface area contributed by atoms with Crippen molar-refractivity contribution in [3.8, 4) is 17.1 Å². The van der Waals surface area contributed by atoms with Crippen molar-refractivity contribution < 1.29 is 18.4 Å². The molecule has 0 aliphatic carbocycles. The van der Waals surface area contributed by atoms with Crippen molar-refractivity contribution in [3.63, 3.8) is 0 Å². The van der Waals surface area contributed by atoms with Crippen LogP contribution in [0.4, 0.5) is 4.39 Å². The van der Waals surface area contributed by atoms with Gasteiger partial charge >= 0.3 is 0 Å². The topological polar surface area (TPSA) is 68.5 Å². The minimum atomic E-state index is -0.242. The Morgan fingerprint density at radius 2 is 2.10 bits per heavy atom. The van der Waals surface area contributed by atoms with E-state index in [2.05, 4.69) is 10.1 Å². The van der Waals surface area contributed by atoms with Crippen molar-refractivity contribution in [1.82, 2.24) is 15.0 Å². The van der Waals surface area contributed by atoms with Gasteiger partial charge in [0.2, 0.25) is 17.6 Å². The number of hydrogen-bond acceptors (Lipinski definition) is 5. The van der Waals surface area contributed by atoms with Crippen LogP contribution in [0.3, 0.4) is 0 Å². The number of carbonyl (C=O) groups excluding carboxylic acids is 1. The monoisotopic (exact) mass is 423 g/mol. The first-order chi connectivity index (χ1) is 15.1. The molecule has 0 saturated carbocycles. The molecule has 1 unspecified atom stereocenters.